The van der Waals surface area contributed by atoms with E-state index in [-0.39, 0.29) is 30.3 Å². The maximum Gasteiger partial charge on any atom is 0.233 e. The molecule has 1 N–H and O–H groups in total. The maximum atomic E-state index is 12.1. The third kappa shape index (κ3) is 2.78. The molecule has 1 fully saturated rings. The summed E-state index contributed by atoms with van der Waals surface area (Å²) >= 11 is 1.68. The van der Waals surface area contributed by atoms with Crippen molar-refractivity contribution in [3.8, 4) is 0 Å². The summed E-state index contributed by atoms with van der Waals surface area (Å²) in [6, 6.07) is 0. The number of hydrogen-bond donors (Lipinski definition) is 1. The van der Waals surface area contributed by atoms with E-state index in [1.165, 1.54) is 4.90 Å². The van der Waals surface area contributed by atoms with Crippen LogP contribution in [0.2, 0.25) is 0 Å². The van der Waals surface area contributed by atoms with E-state index in [9.17, 15) is 9.59 Å². The van der Waals surface area contributed by atoms with E-state index in [1.807, 2.05) is 12.2 Å². The van der Waals surface area contributed by atoms with Crippen molar-refractivity contribution in [2.45, 2.75) is 19.3 Å². The minimum atomic E-state index is -0.107. The molecule has 0 radical (unpaired) electrons. The van der Waals surface area contributed by atoms with Crippen LogP contribution in [0.25, 0.3) is 0 Å². The zero-order valence-electron chi connectivity index (χ0n) is 10.4. The van der Waals surface area contributed by atoms with Crippen LogP contribution in [0.3, 0.4) is 0 Å². The van der Waals surface area contributed by atoms with E-state index in [0.717, 1.165) is 17.9 Å². The first-order valence-corrected chi connectivity index (χ1v) is 7.60. The summed E-state index contributed by atoms with van der Waals surface area (Å²) in [5, 5.41) is 8.66. The molecule has 0 bridgehead atoms. The maximum absolute atomic E-state index is 12.1. The Kier molecular flexibility index (Phi) is 4.83. The largest absolute Gasteiger partial charge is 0.396 e. The summed E-state index contributed by atoms with van der Waals surface area (Å²) in [5.74, 6) is 1.45. The highest BCUT2D eigenvalue weighted by Crippen LogP contribution is 2.34. The number of carbonyl (C=O) groups excluding carboxylic acids is 2. The highest BCUT2D eigenvalue weighted by molar-refractivity contribution is 7.99. The SMILES string of the molecule is O=C1[C@H]2CC=CC[C@H]2C(=O)N1CCSCCCO. The molecule has 0 aromatic heterocycles. The van der Waals surface area contributed by atoms with Crippen molar-refractivity contribution in [2.24, 2.45) is 11.8 Å². The van der Waals surface area contributed by atoms with Crippen LogP contribution >= 0.6 is 11.8 Å². The number of rotatable bonds is 6. The molecule has 4 nitrogen and oxygen atoms in total. The number of nitrogens with zero attached hydrogens (tertiary/aromatic N) is 1. The summed E-state index contributed by atoms with van der Waals surface area (Å²) < 4.78 is 0. The van der Waals surface area contributed by atoms with Crippen LogP contribution in [0.1, 0.15) is 19.3 Å². The number of thioether (sulfide) groups is 1. The molecule has 1 aliphatic heterocycles. The third-order valence-corrected chi connectivity index (χ3v) is 4.55. The molecule has 1 heterocycles. The van der Waals surface area contributed by atoms with Crippen LogP contribution in [0.5, 0.6) is 0 Å². The molecule has 2 aliphatic rings. The van der Waals surface area contributed by atoms with E-state index >= 15 is 0 Å². The van der Waals surface area contributed by atoms with Crippen LogP contribution in [0.4, 0.5) is 0 Å². The van der Waals surface area contributed by atoms with Crippen LogP contribution in [0.15, 0.2) is 12.2 Å². The molecule has 2 amide bonds. The van der Waals surface area contributed by atoms with Gasteiger partial charge in [-0.1, -0.05) is 12.2 Å². The first-order valence-electron chi connectivity index (χ1n) is 6.44. The second-order valence-corrected chi connectivity index (χ2v) is 5.90. The van der Waals surface area contributed by atoms with Gasteiger partial charge in [0.1, 0.15) is 0 Å². The van der Waals surface area contributed by atoms with Crippen molar-refractivity contribution in [1.82, 2.24) is 4.90 Å². The molecule has 0 spiro atoms. The van der Waals surface area contributed by atoms with Gasteiger partial charge in [0.2, 0.25) is 11.8 Å². The number of likely N-dealkylation sites (tertiary alicyclic amines) is 1. The summed E-state index contributed by atoms with van der Waals surface area (Å²) in [6.45, 7) is 0.713. The van der Waals surface area contributed by atoms with Crippen molar-refractivity contribution in [3.05, 3.63) is 12.2 Å². The molecule has 0 aromatic rings. The molecule has 2 atom stereocenters. The van der Waals surface area contributed by atoms with Gasteiger partial charge in [-0.3, -0.25) is 14.5 Å². The molecule has 0 saturated carbocycles. The minimum Gasteiger partial charge on any atom is -0.396 e. The third-order valence-electron chi connectivity index (χ3n) is 3.50. The second-order valence-electron chi connectivity index (χ2n) is 4.67. The smallest absolute Gasteiger partial charge is 0.233 e. The van der Waals surface area contributed by atoms with Crippen molar-refractivity contribution >= 4 is 23.6 Å². The van der Waals surface area contributed by atoms with Gasteiger partial charge in [0.25, 0.3) is 0 Å². The van der Waals surface area contributed by atoms with Crippen molar-refractivity contribution in [1.29, 1.82) is 0 Å². The molecule has 18 heavy (non-hydrogen) atoms. The first kappa shape index (κ1) is 13.6. The van der Waals surface area contributed by atoms with Crippen LogP contribution < -0.4 is 0 Å². The molecule has 5 heteroatoms. The molecule has 100 valence electrons. The molecule has 2 rings (SSSR count). The molecule has 0 aromatic carbocycles. The average molecular weight is 269 g/mol. The summed E-state index contributed by atoms with van der Waals surface area (Å²) in [7, 11) is 0. The van der Waals surface area contributed by atoms with Crippen LogP contribution in [-0.4, -0.2) is 46.5 Å². The zero-order valence-corrected chi connectivity index (χ0v) is 11.2. The van der Waals surface area contributed by atoms with Crippen molar-refractivity contribution in [3.63, 3.8) is 0 Å². The Hall–Kier alpha value is -0.810. The lowest BCUT2D eigenvalue weighted by molar-refractivity contribution is -0.139. The lowest BCUT2D eigenvalue weighted by Gasteiger charge is -2.14. The highest BCUT2D eigenvalue weighted by Gasteiger charge is 2.46. The number of aliphatic hydroxyl groups excluding tert-OH is 1. The Morgan fingerprint density at radius 1 is 1.17 bits per heavy atom. The topological polar surface area (TPSA) is 57.6 Å². The lowest BCUT2D eigenvalue weighted by atomic mass is 9.85. The Morgan fingerprint density at radius 3 is 2.33 bits per heavy atom. The van der Waals surface area contributed by atoms with Gasteiger partial charge in [0, 0.05) is 18.9 Å². The van der Waals surface area contributed by atoms with Crippen LogP contribution in [-0.2, 0) is 9.59 Å². The van der Waals surface area contributed by atoms with E-state index in [1.54, 1.807) is 11.8 Å². The number of amides is 2. The van der Waals surface area contributed by atoms with E-state index in [4.69, 9.17) is 5.11 Å². The predicted octanol–water partition coefficient (Wildman–Crippen LogP) is 1.05. The molecule has 1 aliphatic carbocycles. The minimum absolute atomic E-state index is 0.0112. The lowest BCUT2D eigenvalue weighted by Crippen LogP contribution is -2.33. The fourth-order valence-electron chi connectivity index (χ4n) is 2.51. The first-order chi connectivity index (χ1) is 8.75. The highest BCUT2D eigenvalue weighted by atomic mass is 32.2. The standard InChI is InChI=1S/C13H19NO3S/c15-7-3-8-18-9-6-14-12(16)10-4-1-2-5-11(10)13(14)17/h1-2,10-11,15H,3-9H2/t10-,11+. The number of imide groups is 1. The number of aliphatic hydroxyl groups is 1. The monoisotopic (exact) mass is 269 g/mol. The average Bonchev–Trinajstić information content (AvgIpc) is 2.64. The van der Waals surface area contributed by atoms with Crippen molar-refractivity contribution < 1.29 is 14.7 Å². The van der Waals surface area contributed by atoms with Gasteiger partial charge in [-0.15, -0.1) is 0 Å². The number of carbonyl (C=O) groups is 2. The van der Waals surface area contributed by atoms with E-state index in [2.05, 4.69) is 0 Å². The number of hydrogen-bond acceptors (Lipinski definition) is 4. The van der Waals surface area contributed by atoms with Gasteiger partial charge in [-0.25, -0.2) is 0 Å². The molecule has 1 saturated heterocycles. The Labute approximate surface area is 111 Å². The summed E-state index contributed by atoms with van der Waals surface area (Å²) in [4.78, 5) is 25.6. The van der Waals surface area contributed by atoms with Gasteiger partial charge in [-0.2, -0.15) is 11.8 Å². The Morgan fingerprint density at radius 2 is 1.78 bits per heavy atom. The van der Waals surface area contributed by atoms with Gasteiger partial charge < -0.3 is 5.11 Å². The molecular weight excluding hydrogens is 250 g/mol. The van der Waals surface area contributed by atoms with Gasteiger partial charge in [0.05, 0.1) is 11.8 Å². The van der Waals surface area contributed by atoms with E-state index < -0.39 is 0 Å². The van der Waals surface area contributed by atoms with Gasteiger partial charge in [0.15, 0.2) is 0 Å². The van der Waals surface area contributed by atoms with Gasteiger partial charge in [-0.05, 0) is 25.0 Å². The predicted molar refractivity (Wildman–Crippen MR) is 71.1 cm³/mol. The van der Waals surface area contributed by atoms with E-state index in [0.29, 0.717) is 19.4 Å². The fraction of sp³-hybridized carbons (Fsp3) is 0.692. The van der Waals surface area contributed by atoms with Crippen molar-refractivity contribution in [2.75, 3.05) is 24.7 Å². The quantitative estimate of drug-likeness (QED) is 0.445. The Balaban J connectivity index is 1.83. The number of allylic oxidation sites excluding steroid dienone is 2. The fourth-order valence-corrected chi connectivity index (χ4v) is 3.36. The van der Waals surface area contributed by atoms with Crippen LogP contribution in [0, 0.1) is 11.8 Å². The Bertz CT molecular complexity index is 330. The van der Waals surface area contributed by atoms with Gasteiger partial charge >= 0.3 is 0 Å². The number of fused-ring (bicyclic) bond motifs is 1. The summed E-state index contributed by atoms with van der Waals surface area (Å²) in [5.41, 5.74) is 0. The summed E-state index contributed by atoms with van der Waals surface area (Å²) in [6.07, 6.45) is 6.20. The second kappa shape index (κ2) is 6.38. The zero-order chi connectivity index (χ0) is 13.0. The molecular formula is C13H19NO3S. The molecule has 0 unspecified atom stereocenters. The normalized spacial score (nSPS) is 26.8.